The molecule has 4 aromatic carbocycles. The fourth-order valence-electron chi connectivity index (χ4n) is 4.53. The van der Waals surface area contributed by atoms with E-state index >= 15 is 0 Å². The zero-order valence-electron chi connectivity index (χ0n) is 16.4. The van der Waals surface area contributed by atoms with Gasteiger partial charge in [-0.3, -0.25) is 0 Å². The Bertz CT molecular complexity index is 1400. The zero-order chi connectivity index (χ0) is 19.9. The molecular weight excluding hydrogens is 362 g/mol. The van der Waals surface area contributed by atoms with E-state index in [9.17, 15) is 0 Å². The number of nitrogens with zero attached hydrogens (tertiary/aromatic N) is 1. The van der Waals surface area contributed by atoms with Gasteiger partial charge in [0.2, 0.25) is 0 Å². The van der Waals surface area contributed by atoms with Gasteiger partial charge in [-0.05, 0) is 45.5 Å². The minimum Gasteiger partial charge on any atom is -0.248 e. The average Bonchev–Trinajstić information content (AvgIpc) is 3.16. The van der Waals surface area contributed by atoms with Crippen molar-refractivity contribution in [2.75, 3.05) is 0 Å². The molecule has 30 heavy (non-hydrogen) atoms. The lowest BCUT2D eigenvalue weighted by molar-refractivity contribution is 1.39. The van der Waals surface area contributed by atoms with Crippen molar-refractivity contribution in [2.24, 2.45) is 0 Å². The van der Waals surface area contributed by atoms with Crippen LogP contribution in [0.5, 0.6) is 0 Å². The highest BCUT2D eigenvalue weighted by Crippen LogP contribution is 2.48. The van der Waals surface area contributed by atoms with Gasteiger partial charge in [-0.1, -0.05) is 103 Å². The van der Waals surface area contributed by atoms with E-state index < -0.39 is 0 Å². The molecule has 0 bridgehead atoms. The number of pyridine rings is 1. The van der Waals surface area contributed by atoms with Crippen molar-refractivity contribution >= 4 is 22.0 Å². The molecule has 140 valence electrons. The van der Waals surface area contributed by atoms with E-state index in [1.807, 2.05) is 6.07 Å². The molecule has 0 unspecified atom stereocenters. The summed E-state index contributed by atoms with van der Waals surface area (Å²) in [6, 6.07) is 40.6. The predicted molar refractivity (Wildman–Crippen MR) is 125 cm³/mol. The molecule has 0 saturated heterocycles. The van der Waals surface area contributed by atoms with Crippen LogP contribution in [0.4, 0.5) is 0 Å². The van der Waals surface area contributed by atoms with Gasteiger partial charge in [-0.2, -0.15) is 0 Å². The Morgan fingerprint density at radius 1 is 0.433 bits per heavy atom. The van der Waals surface area contributed by atoms with Crippen molar-refractivity contribution in [3.8, 4) is 11.3 Å². The molecule has 1 aliphatic carbocycles. The van der Waals surface area contributed by atoms with Gasteiger partial charge in [0.05, 0.1) is 11.2 Å². The SMILES string of the molecule is c1ccc(C2=C(c3ccccc3)c3cc(-c4ccccc4)nc4cccc2c34)cc1. The van der Waals surface area contributed by atoms with Crippen LogP contribution in [0.3, 0.4) is 0 Å². The van der Waals surface area contributed by atoms with Crippen LogP contribution in [-0.4, -0.2) is 4.98 Å². The Morgan fingerprint density at radius 2 is 0.967 bits per heavy atom. The van der Waals surface area contributed by atoms with Gasteiger partial charge in [-0.15, -0.1) is 0 Å². The van der Waals surface area contributed by atoms with E-state index in [2.05, 4.69) is 109 Å². The smallest absolute Gasteiger partial charge is 0.0722 e. The zero-order valence-corrected chi connectivity index (χ0v) is 16.4. The third kappa shape index (κ3) is 2.60. The molecule has 1 heterocycles. The molecule has 6 rings (SSSR count). The van der Waals surface area contributed by atoms with Crippen molar-refractivity contribution < 1.29 is 0 Å². The molecule has 0 aliphatic heterocycles. The van der Waals surface area contributed by atoms with Crippen molar-refractivity contribution in [2.45, 2.75) is 0 Å². The summed E-state index contributed by atoms with van der Waals surface area (Å²) >= 11 is 0. The first-order chi connectivity index (χ1) is 14.9. The Kier molecular flexibility index (Phi) is 3.85. The Balaban J connectivity index is 1.72. The quantitative estimate of drug-likeness (QED) is 0.315. The van der Waals surface area contributed by atoms with Gasteiger partial charge in [0, 0.05) is 10.9 Å². The Morgan fingerprint density at radius 3 is 1.57 bits per heavy atom. The lowest BCUT2D eigenvalue weighted by Gasteiger charge is -2.11. The normalized spacial score (nSPS) is 12.5. The standard InChI is InChI=1S/C29H19N/c1-4-11-20(12-5-1)26-19-24-28(22-15-8-3-9-16-22)27(21-13-6-2-7-14-21)23-17-10-18-25(30-26)29(23)24/h1-19H. The third-order valence-electron chi connectivity index (χ3n) is 5.82. The molecule has 1 heteroatoms. The predicted octanol–water partition coefficient (Wildman–Crippen LogP) is 7.22. The number of hydrogen-bond donors (Lipinski definition) is 0. The molecule has 0 spiro atoms. The molecular formula is C29H19N. The van der Waals surface area contributed by atoms with Crippen LogP contribution >= 0.6 is 0 Å². The van der Waals surface area contributed by atoms with E-state index in [-0.39, 0.29) is 0 Å². The average molecular weight is 381 g/mol. The van der Waals surface area contributed by atoms with Crippen LogP contribution in [0.1, 0.15) is 22.3 Å². The van der Waals surface area contributed by atoms with Crippen LogP contribution in [0.15, 0.2) is 115 Å². The largest absolute Gasteiger partial charge is 0.248 e. The highest BCUT2D eigenvalue weighted by molar-refractivity contribution is 6.20. The van der Waals surface area contributed by atoms with E-state index in [0.717, 1.165) is 16.8 Å². The number of benzene rings is 4. The molecule has 5 aromatic rings. The molecule has 0 radical (unpaired) electrons. The first kappa shape index (κ1) is 16.9. The molecule has 0 N–H and O–H groups in total. The van der Waals surface area contributed by atoms with Crippen LogP contribution in [0.2, 0.25) is 0 Å². The summed E-state index contributed by atoms with van der Waals surface area (Å²) in [5.41, 5.74) is 10.8. The lowest BCUT2D eigenvalue weighted by Crippen LogP contribution is -1.92. The Hall–Kier alpha value is -3.97. The minimum atomic E-state index is 1.01. The third-order valence-corrected chi connectivity index (χ3v) is 5.82. The van der Waals surface area contributed by atoms with Gasteiger partial charge in [0.15, 0.2) is 0 Å². The van der Waals surface area contributed by atoms with E-state index in [0.29, 0.717) is 0 Å². The minimum absolute atomic E-state index is 1.01. The van der Waals surface area contributed by atoms with Gasteiger partial charge in [0.1, 0.15) is 0 Å². The second-order valence-electron chi connectivity index (χ2n) is 7.60. The highest BCUT2D eigenvalue weighted by Gasteiger charge is 2.27. The van der Waals surface area contributed by atoms with Gasteiger partial charge >= 0.3 is 0 Å². The number of aromatic nitrogens is 1. The van der Waals surface area contributed by atoms with Crippen molar-refractivity contribution in [3.63, 3.8) is 0 Å². The van der Waals surface area contributed by atoms with Crippen LogP contribution in [-0.2, 0) is 0 Å². The van der Waals surface area contributed by atoms with E-state index in [1.54, 1.807) is 0 Å². The van der Waals surface area contributed by atoms with Crippen molar-refractivity contribution in [1.82, 2.24) is 4.98 Å². The molecule has 0 amide bonds. The van der Waals surface area contributed by atoms with E-state index in [1.165, 1.54) is 38.8 Å². The van der Waals surface area contributed by atoms with Gasteiger partial charge < -0.3 is 0 Å². The maximum atomic E-state index is 5.04. The fraction of sp³-hybridized carbons (Fsp3) is 0. The summed E-state index contributed by atoms with van der Waals surface area (Å²) in [5, 5.41) is 1.25. The maximum absolute atomic E-state index is 5.04. The Labute approximate surface area is 176 Å². The molecule has 0 atom stereocenters. The summed E-state index contributed by atoms with van der Waals surface area (Å²) in [6.07, 6.45) is 0. The van der Waals surface area contributed by atoms with Crippen molar-refractivity contribution in [3.05, 3.63) is 138 Å². The first-order valence-corrected chi connectivity index (χ1v) is 10.3. The highest BCUT2D eigenvalue weighted by atomic mass is 14.7. The summed E-state index contributed by atoms with van der Waals surface area (Å²) in [7, 11) is 0. The molecule has 1 nitrogen and oxygen atoms in total. The molecule has 1 aliphatic rings. The second-order valence-corrected chi connectivity index (χ2v) is 7.60. The monoisotopic (exact) mass is 381 g/mol. The van der Waals surface area contributed by atoms with Gasteiger partial charge in [0.25, 0.3) is 0 Å². The topological polar surface area (TPSA) is 12.9 Å². The van der Waals surface area contributed by atoms with Crippen LogP contribution in [0.25, 0.3) is 33.3 Å². The second kappa shape index (κ2) is 6.82. The fourth-order valence-corrected chi connectivity index (χ4v) is 4.53. The summed E-state index contributed by atoms with van der Waals surface area (Å²) in [4.78, 5) is 5.04. The van der Waals surface area contributed by atoms with Crippen LogP contribution in [0, 0.1) is 0 Å². The molecule has 0 fully saturated rings. The lowest BCUT2D eigenvalue weighted by atomic mass is 9.92. The summed E-state index contributed by atoms with van der Waals surface area (Å²) in [5.74, 6) is 0. The number of rotatable bonds is 3. The van der Waals surface area contributed by atoms with E-state index in [4.69, 9.17) is 4.98 Å². The van der Waals surface area contributed by atoms with Crippen LogP contribution < -0.4 is 0 Å². The molecule has 0 saturated carbocycles. The van der Waals surface area contributed by atoms with Gasteiger partial charge in [-0.25, -0.2) is 4.98 Å². The molecule has 1 aromatic heterocycles. The number of hydrogen-bond acceptors (Lipinski definition) is 1. The maximum Gasteiger partial charge on any atom is 0.0722 e. The summed E-state index contributed by atoms with van der Waals surface area (Å²) in [6.45, 7) is 0. The first-order valence-electron chi connectivity index (χ1n) is 10.3. The van der Waals surface area contributed by atoms with Crippen molar-refractivity contribution in [1.29, 1.82) is 0 Å². The summed E-state index contributed by atoms with van der Waals surface area (Å²) < 4.78 is 0.